The average molecular weight is 309 g/mol. The van der Waals surface area contributed by atoms with Gasteiger partial charge in [-0.05, 0) is 31.2 Å². The summed E-state index contributed by atoms with van der Waals surface area (Å²) in [5, 5.41) is 10.6. The van der Waals surface area contributed by atoms with Gasteiger partial charge in [0.05, 0.1) is 12.2 Å². The molecule has 0 bridgehead atoms. The largest absolute Gasteiger partial charge is 0.444 e. The monoisotopic (exact) mass is 309 g/mol. The van der Waals surface area contributed by atoms with E-state index >= 15 is 0 Å². The minimum atomic E-state index is -0.608. The fourth-order valence-electron chi connectivity index (χ4n) is 1.96. The highest BCUT2D eigenvalue weighted by atomic mass is 16.3. The number of nitrogens with one attached hydrogen (secondary N) is 1. The number of aromatic nitrogens is 3. The Balaban J connectivity index is 1.65. The van der Waals surface area contributed by atoms with E-state index in [1.165, 1.54) is 11.6 Å². The smallest absolute Gasteiger partial charge is 0.269 e. The molecule has 23 heavy (non-hydrogen) atoms. The third kappa shape index (κ3) is 3.52. The number of oxazole rings is 1. The number of aryl methyl sites for hydroxylation is 1. The summed E-state index contributed by atoms with van der Waals surface area (Å²) in [6, 6.07) is 11.1. The van der Waals surface area contributed by atoms with Crippen molar-refractivity contribution in [2.75, 3.05) is 5.32 Å². The third-order valence-electron chi connectivity index (χ3n) is 3.22. The zero-order valence-corrected chi connectivity index (χ0v) is 12.5. The topological polar surface area (TPSA) is 107 Å². The highest BCUT2D eigenvalue weighted by Crippen LogP contribution is 2.19. The first-order valence-corrected chi connectivity index (χ1v) is 7.00. The van der Waals surface area contributed by atoms with Crippen molar-refractivity contribution in [2.24, 2.45) is 5.73 Å². The summed E-state index contributed by atoms with van der Waals surface area (Å²) < 4.78 is 5.48. The lowest BCUT2D eigenvalue weighted by Gasteiger charge is -2.02. The zero-order valence-electron chi connectivity index (χ0n) is 12.5. The molecule has 116 valence electrons. The number of nitrogens with two attached hydrogens (primary N) is 1. The van der Waals surface area contributed by atoms with Crippen LogP contribution in [0.4, 0.5) is 5.82 Å². The molecule has 0 radical (unpaired) electrons. The van der Waals surface area contributed by atoms with Gasteiger partial charge in [0.1, 0.15) is 12.1 Å². The number of nitrogens with zero attached hydrogens (tertiary/aromatic N) is 3. The minimum Gasteiger partial charge on any atom is -0.444 e. The van der Waals surface area contributed by atoms with Gasteiger partial charge in [0.15, 0.2) is 5.69 Å². The summed E-state index contributed by atoms with van der Waals surface area (Å²) in [4.78, 5) is 15.3. The van der Waals surface area contributed by atoms with Crippen molar-refractivity contribution in [3.05, 3.63) is 59.6 Å². The SMILES string of the molecule is Cc1ccc(-c2nc(CNc3ccc(C(N)=O)nn3)co2)cc1. The number of carbonyl (C=O) groups excluding carboxylic acids is 1. The second-order valence-electron chi connectivity index (χ2n) is 5.03. The molecular formula is C16H15N5O2. The predicted octanol–water partition coefficient (Wildman–Crippen LogP) is 2.15. The van der Waals surface area contributed by atoms with Crippen molar-refractivity contribution >= 4 is 11.7 Å². The van der Waals surface area contributed by atoms with Crippen LogP contribution >= 0.6 is 0 Å². The molecular weight excluding hydrogens is 294 g/mol. The molecule has 0 spiro atoms. The Hall–Kier alpha value is -3.22. The van der Waals surface area contributed by atoms with Gasteiger partial charge in [0.2, 0.25) is 5.89 Å². The molecule has 0 saturated carbocycles. The first-order chi connectivity index (χ1) is 11.1. The molecule has 0 aliphatic heterocycles. The van der Waals surface area contributed by atoms with Crippen LogP contribution < -0.4 is 11.1 Å². The standard InChI is InChI=1S/C16H15N5O2/c1-10-2-4-11(5-3-10)16-19-12(9-23-16)8-18-14-7-6-13(15(17)22)20-21-14/h2-7,9H,8H2,1H3,(H2,17,22)(H,18,21). The van der Waals surface area contributed by atoms with Crippen LogP contribution in [0.1, 0.15) is 21.7 Å². The number of benzene rings is 1. The van der Waals surface area contributed by atoms with E-state index in [0.717, 1.165) is 11.3 Å². The Bertz CT molecular complexity index is 809. The molecule has 0 aliphatic carbocycles. The van der Waals surface area contributed by atoms with Gasteiger partial charge in [-0.3, -0.25) is 4.79 Å². The van der Waals surface area contributed by atoms with Crippen molar-refractivity contribution in [3.63, 3.8) is 0 Å². The Morgan fingerprint density at radius 3 is 2.61 bits per heavy atom. The van der Waals surface area contributed by atoms with Crippen LogP contribution in [0.5, 0.6) is 0 Å². The van der Waals surface area contributed by atoms with E-state index in [0.29, 0.717) is 18.3 Å². The van der Waals surface area contributed by atoms with E-state index in [1.54, 1.807) is 12.3 Å². The van der Waals surface area contributed by atoms with Gasteiger partial charge in [-0.25, -0.2) is 4.98 Å². The summed E-state index contributed by atoms with van der Waals surface area (Å²) in [6.45, 7) is 2.46. The fraction of sp³-hybridized carbons (Fsp3) is 0.125. The maximum Gasteiger partial charge on any atom is 0.269 e. The lowest BCUT2D eigenvalue weighted by atomic mass is 10.1. The molecule has 1 amide bonds. The molecule has 0 atom stereocenters. The second kappa shape index (κ2) is 6.27. The summed E-state index contributed by atoms with van der Waals surface area (Å²) in [7, 11) is 0. The van der Waals surface area contributed by atoms with E-state index in [4.69, 9.17) is 10.2 Å². The Morgan fingerprint density at radius 2 is 1.96 bits per heavy atom. The van der Waals surface area contributed by atoms with Gasteiger partial charge >= 0.3 is 0 Å². The molecule has 0 aliphatic rings. The molecule has 3 rings (SSSR count). The maximum atomic E-state index is 10.9. The summed E-state index contributed by atoms with van der Waals surface area (Å²) in [6.07, 6.45) is 1.59. The Morgan fingerprint density at radius 1 is 1.17 bits per heavy atom. The molecule has 0 fully saturated rings. The van der Waals surface area contributed by atoms with Crippen molar-refractivity contribution in [3.8, 4) is 11.5 Å². The van der Waals surface area contributed by atoms with Gasteiger partial charge in [0, 0.05) is 5.56 Å². The van der Waals surface area contributed by atoms with Crippen LogP contribution in [0, 0.1) is 6.92 Å². The first-order valence-electron chi connectivity index (χ1n) is 7.00. The molecule has 7 heteroatoms. The molecule has 3 aromatic rings. The first kappa shape index (κ1) is 14.7. The second-order valence-corrected chi connectivity index (χ2v) is 5.03. The van der Waals surface area contributed by atoms with Crippen molar-refractivity contribution in [1.82, 2.24) is 15.2 Å². The van der Waals surface area contributed by atoms with Crippen LogP contribution in [0.25, 0.3) is 11.5 Å². The molecule has 1 aromatic carbocycles. The molecule has 3 N–H and O–H groups in total. The van der Waals surface area contributed by atoms with E-state index in [-0.39, 0.29) is 5.69 Å². The van der Waals surface area contributed by atoms with Crippen LogP contribution in [0.15, 0.2) is 47.1 Å². The number of rotatable bonds is 5. The number of hydrogen-bond donors (Lipinski definition) is 2. The van der Waals surface area contributed by atoms with Gasteiger partial charge < -0.3 is 15.5 Å². The van der Waals surface area contributed by atoms with Crippen LogP contribution in [-0.2, 0) is 6.54 Å². The summed E-state index contributed by atoms with van der Waals surface area (Å²) in [5.74, 6) is 0.482. The predicted molar refractivity (Wildman–Crippen MR) is 84.6 cm³/mol. The maximum absolute atomic E-state index is 10.9. The Labute approximate surface area is 132 Å². The molecule has 7 nitrogen and oxygen atoms in total. The molecule has 0 saturated heterocycles. The summed E-state index contributed by atoms with van der Waals surface area (Å²) >= 11 is 0. The number of primary amides is 1. The van der Waals surface area contributed by atoms with E-state index < -0.39 is 5.91 Å². The van der Waals surface area contributed by atoms with E-state index in [2.05, 4.69) is 20.5 Å². The van der Waals surface area contributed by atoms with Crippen molar-refractivity contribution < 1.29 is 9.21 Å². The molecule has 2 aromatic heterocycles. The Kier molecular flexibility index (Phi) is 4.01. The number of amides is 1. The van der Waals surface area contributed by atoms with Gasteiger partial charge in [-0.1, -0.05) is 17.7 Å². The number of anilines is 1. The van der Waals surface area contributed by atoms with E-state index in [9.17, 15) is 4.79 Å². The van der Waals surface area contributed by atoms with Crippen molar-refractivity contribution in [2.45, 2.75) is 13.5 Å². The van der Waals surface area contributed by atoms with Gasteiger partial charge in [-0.15, -0.1) is 10.2 Å². The average Bonchev–Trinajstić information content (AvgIpc) is 3.03. The lowest BCUT2D eigenvalue weighted by Crippen LogP contribution is -2.14. The van der Waals surface area contributed by atoms with Gasteiger partial charge in [-0.2, -0.15) is 0 Å². The highest BCUT2D eigenvalue weighted by Gasteiger charge is 2.07. The van der Waals surface area contributed by atoms with E-state index in [1.807, 2.05) is 31.2 Å². The van der Waals surface area contributed by atoms with Crippen LogP contribution in [-0.4, -0.2) is 21.1 Å². The molecule has 0 unspecified atom stereocenters. The number of hydrogen-bond acceptors (Lipinski definition) is 6. The lowest BCUT2D eigenvalue weighted by molar-refractivity contribution is 0.0994. The van der Waals surface area contributed by atoms with Crippen molar-refractivity contribution in [1.29, 1.82) is 0 Å². The number of carbonyl (C=O) groups is 1. The van der Waals surface area contributed by atoms with Crippen LogP contribution in [0.3, 0.4) is 0 Å². The fourth-order valence-corrected chi connectivity index (χ4v) is 1.96. The zero-order chi connectivity index (χ0) is 16.2. The highest BCUT2D eigenvalue weighted by molar-refractivity contribution is 5.90. The minimum absolute atomic E-state index is 0.124. The van der Waals surface area contributed by atoms with Crippen LogP contribution in [0.2, 0.25) is 0 Å². The quantitative estimate of drug-likeness (QED) is 0.748. The third-order valence-corrected chi connectivity index (χ3v) is 3.22. The van der Waals surface area contributed by atoms with Gasteiger partial charge in [0.25, 0.3) is 5.91 Å². The normalized spacial score (nSPS) is 10.5. The molecule has 2 heterocycles. The summed E-state index contributed by atoms with van der Waals surface area (Å²) in [5.41, 5.74) is 8.08.